The molecular weight excluding hydrogens is 379 g/mol. The number of benzene rings is 2. The average Bonchev–Trinajstić information content (AvgIpc) is 2.54. The molecule has 1 aliphatic heterocycles. The van der Waals surface area contributed by atoms with Gasteiger partial charge in [0.1, 0.15) is 10.6 Å². The third-order valence-corrected chi connectivity index (χ3v) is 5.76. The molecule has 0 radical (unpaired) electrons. The molecule has 25 heavy (non-hydrogen) atoms. The molecule has 0 amide bonds. The number of halogens is 4. The van der Waals surface area contributed by atoms with Gasteiger partial charge in [-0.15, -0.1) is 0 Å². The summed E-state index contributed by atoms with van der Waals surface area (Å²) in [5, 5.41) is -0.277. The van der Waals surface area contributed by atoms with E-state index in [4.69, 9.17) is 16.3 Å². The fraction of sp³-hybridized carbons (Fsp3) is 0.250. The lowest BCUT2D eigenvalue weighted by atomic mass is 10.0. The number of nitrogens with one attached hydrogen (secondary N) is 1. The van der Waals surface area contributed by atoms with Crippen LogP contribution < -0.4 is 9.46 Å². The maximum atomic E-state index is 12.9. The van der Waals surface area contributed by atoms with Gasteiger partial charge in [-0.3, -0.25) is 0 Å². The van der Waals surface area contributed by atoms with Gasteiger partial charge in [-0.1, -0.05) is 29.8 Å². The van der Waals surface area contributed by atoms with E-state index in [2.05, 4.69) is 4.72 Å². The Balaban J connectivity index is 1.96. The van der Waals surface area contributed by atoms with E-state index in [9.17, 15) is 21.6 Å². The molecule has 1 N–H and O–H groups in total. The van der Waals surface area contributed by atoms with E-state index in [1.807, 2.05) is 0 Å². The Morgan fingerprint density at radius 2 is 1.88 bits per heavy atom. The van der Waals surface area contributed by atoms with E-state index in [0.29, 0.717) is 30.4 Å². The standard InChI is InChI=1S/C16H13ClF3NO3S/c17-12-6-5-10(16(18,19)20)9-15(12)25(22,23)21-13-7-8-24-14-4-2-1-3-11(13)14/h1-6,9,13,21H,7-8H2/t13-/m1/s1. The van der Waals surface area contributed by atoms with Crippen LogP contribution in [0.3, 0.4) is 0 Å². The van der Waals surface area contributed by atoms with Crippen LogP contribution in [0.1, 0.15) is 23.6 Å². The molecule has 4 nitrogen and oxygen atoms in total. The maximum absolute atomic E-state index is 12.9. The van der Waals surface area contributed by atoms with Crippen LogP contribution >= 0.6 is 11.6 Å². The van der Waals surface area contributed by atoms with E-state index < -0.39 is 32.7 Å². The predicted octanol–water partition coefficient (Wildman–Crippen LogP) is 4.16. The first kappa shape index (κ1) is 18.0. The normalized spacial score (nSPS) is 17.7. The number of ether oxygens (including phenoxy) is 1. The fourth-order valence-electron chi connectivity index (χ4n) is 2.60. The van der Waals surface area contributed by atoms with Gasteiger partial charge >= 0.3 is 6.18 Å². The second kappa shape index (κ2) is 6.51. The summed E-state index contributed by atoms with van der Waals surface area (Å²) in [5.74, 6) is 0.539. The number of para-hydroxylation sites is 1. The topological polar surface area (TPSA) is 55.4 Å². The first-order chi connectivity index (χ1) is 11.7. The number of alkyl halides is 3. The summed E-state index contributed by atoms with van der Waals surface area (Å²) in [6.45, 7) is 0.292. The Morgan fingerprint density at radius 3 is 2.60 bits per heavy atom. The Hall–Kier alpha value is -1.77. The molecular formula is C16H13ClF3NO3S. The molecule has 0 aliphatic carbocycles. The predicted molar refractivity (Wildman–Crippen MR) is 86.1 cm³/mol. The molecule has 3 rings (SSSR count). The van der Waals surface area contributed by atoms with Gasteiger partial charge < -0.3 is 4.74 Å². The summed E-state index contributed by atoms with van der Waals surface area (Å²) >= 11 is 5.84. The molecule has 0 saturated heterocycles. The zero-order valence-corrected chi connectivity index (χ0v) is 14.3. The van der Waals surface area contributed by atoms with Crippen molar-refractivity contribution in [2.75, 3.05) is 6.61 Å². The summed E-state index contributed by atoms with van der Waals surface area (Å²) in [5.41, 5.74) is -0.454. The van der Waals surface area contributed by atoms with Gasteiger partial charge in [0.15, 0.2) is 0 Å². The van der Waals surface area contributed by atoms with Crippen molar-refractivity contribution in [3.8, 4) is 5.75 Å². The molecule has 134 valence electrons. The van der Waals surface area contributed by atoms with Crippen molar-refractivity contribution in [2.24, 2.45) is 0 Å². The zero-order valence-electron chi connectivity index (χ0n) is 12.7. The van der Waals surface area contributed by atoms with Crippen LogP contribution in [0, 0.1) is 0 Å². The fourth-order valence-corrected chi connectivity index (χ4v) is 4.38. The van der Waals surface area contributed by atoms with Crippen LogP contribution in [0.2, 0.25) is 5.02 Å². The Labute approximate surface area is 147 Å². The van der Waals surface area contributed by atoms with Crippen LogP contribution in [0.4, 0.5) is 13.2 Å². The highest BCUT2D eigenvalue weighted by molar-refractivity contribution is 7.89. The highest BCUT2D eigenvalue weighted by Crippen LogP contribution is 2.36. The SMILES string of the molecule is O=S(=O)(N[C@@H]1CCOc2ccccc21)c1cc(C(F)(F)F)ccc1Cl. The lowest BCUT2D eigenvalue weighted by Gasteiger charge is -2.26. The largest absolute Gasteiger partial charge is 0.493 e. The number of sulfonamides is 1. The molecule has 1 atom stereocenters. The molecule has 1 aliphatic rings. The van der Waals surface area contributed by atoms with E-state index in [1.54, 1.807) is 24.3 Å². The van der Waals surface area contributed by atoms with Crippen molar-refractivity contribution in [1.29, 1.82) is 0 Å². The first-order valence-electron chi connectivity index (χ1n) is 7.29. The Bertz CT molecular complexity index is 900. The monoisotopic (exact) mass is 391 g/mol. The third kappa shape index (κ3) is 3.75. The van der Waals surface area contributed by atoms with Gasteiger partial charge in [-0.25, -0.2) is 13.1 Å². The minimum Gasteiger partial charge on any atom is -0.493 e. The molecule has 0 fully saturated rings. The molecule has 0 aromatic heterocycles. The number of rotatable bonds is 3. The summed E-state index contributed by atoms with van der Waals surface area (Å²) in [4.78, 5) is -0.604. The number of hydrogen-bond donors (Lipinski definition) is 1. The van der Waals surface area contributed by atoms with Crippen LogP contribution in [-0.4, -0.2) is 15.0 Å². The van der Waals surface area contributed by atoms with Gasteiger partial charge in [0.05, 0.1) is 23.2 Å². The Morgan fingerprint density at radius 1 is 1.16 bits per heavy atom. The minimum absolute atomic E-state index is 0.277. The van der Waals surface area contributed by atoms with Crippen LogP contribution in [0.25, 0.3) is 0 Å². The van der Waals surface area contributed by atoms with Gasteiger partial charge in [0, 0.05) is 12.0 Å². The second-order valence-electron chi connectivity index (χ2n) is 5.49. The van der Waals surface area contributed by atoms with Gasteiger partial charge in [0.2, 0.25) is 10.0 Å². The second-order valence-corrected chi connectivity index (χ2v) is 7.58. The van der Waals surface area contributed by atoms with Crippen molar-refractivity contribution in [1.82, 2.24) is 4.72 Å². The van der Waals surface area contributed by atoms with Crippen molar-refractivity contribution in [3.05, 3.63) is 58.6 Å². The molecule has 0 spiro atoms. The number of hydrogen-bond acceptors (Lipinski definition) is 3. The average molecular weight is 392 g/mol. The summed E-state index contributed by atoms with van der Waals surface area (Å²) in [6.07, 6.45) is -4.31. The van der Waals surface area contributed by atoms with Crippen LogP contribution in [0.5, 0.6) is 5.75 Å². The Kier molecular flexibility index (Phi) is 4.70. The number of fused-ring (bicyclic) bond motifs is 1. The van der Waals surface area contributed by atoms with Crippen molar-refractivity contribution < 1.29 is 26.3 Å². The van der Waals surface area contributed by atoms with Gasteiger partial charge in [-0.2, -0.15) is 13.2 Å². The first-order valence-corrected chi connectivity index (χ1v) is 9.15. The van der Waals surface area contributed by atoms with E-state index in [0.717, 1.165) is 12.1 Å². The van der Waals surface area contributed by atoms with Crippen molar-refractivity contribution >= 4 is 21.6 Å². The maximum Gasteiger partial charge on any atom is 0.416 e. The van der Waals surface area contributed by atoms with Crippen molar-refractivity contribution in [2.45, 2.75) is 23.5 Å². The van der Waals surface area contributed by atoms with Gasteiger partial charge in [-0.05, 0) is 24.3 Å². The van der Waals surface area contributed by atoms with E-state index in [1.165, 1.54) is 0 Å². The van der Waals surface area contributed by atoms with E-state index in [-0.39, 0.29) is 5.02 Å². The smallest absolute Gasteiger partial charge is 0.416 e. The molecule has 0 saturated carbocycles. The summed E-state index contributed by atoms with van der Waals surface area (Å²) < 4.78 is 71.7. The molecule has 1 heterocycles. The summed E-state index contributed by atoms with van der Waals surface area (Å²) in [7, 11) is -4.25. The minimum atomic E-state index is -4.67. The van der Waals surface area contributed by atoms with Crippen LogP contribution in [-0.2, 0) is 16.2 Å². The highest BCUT2D eigenvalue weighted by Gasteiger charge is 2.34. The molecule has 9 heteroatoms. The third-order valence-electron chi connectivity index (χ3n) is 3.80. The van der Waals surface area contributed by atoms with Gasteiger partial charge in [0.25, 0.3) is 0 Å². The summed E-state index contributed by atoms with van der Waals surface area (Å²) in [6, 6.07) is 8.48. The zero-order chi connectivity index (χ0) is 18.2. The van der Waals surface area contributed by atoms with E-state index >= 15 is 0 Å². The van der Waals surface area contributed by atoms with Crippen molar-refractivity contribution in [3.63, 3.8) is 0 Å². The molecule has 2 aromatic carbocycles. The lowest BCUT2D eigenvalue weighted by Crippen LogP contribution is -2.32. The highest BCUT2D eigenvalue weighted by atomic mass is 35.5. The van der Waals surface area contributed by atoms with Crippen LogP contribution in [0.15, 0.2) is 47.4 Å². The molecule has 2 aromatic rings. The molecule has 0 bridgehead atoms. The lowest BCUT2D eigenvalue weighted by molar-refractivity contribution is -0.137. The molecule has 0 unspecified atom stereocenters. The quantitative estimate of drug-likeness (QED) is 0.854.